The zero-order valence-corrected chi connectivity index (χ0v) is 22.0. The molecule has 0 bridgehead atoms. The summed E-state index contributed by atoms with van der Waals surface area (Å²) in [5, 5.41) is 26.3. The van der Waals surface area contributed by atoms with E-state index in [4.69, 9.17) is 9.47 Å². The van der Waals surface area contributed by atoms with Crippen LogP contribution in [-0.2, 0) is 19.1 Å². The molecule has 176 valence electrons. The van der Waals surface area contributed by atoms with Gasteiger partial charge in [-0.3, -0.25) is 9.59 Å². The number of hydrogen-bond donors (Lipinski definition) is 3. The van der Waals surface area contributed by atoms with E-state index in [2.05, 4.69) is 10.6 Å². The fourth-order valence-corrected chi connectivity index (χ4v) is 9.43. The van der Waals surface area contributed by atoms with Gasteiger partial charge in [-0.05, 0) is 24.3 Å². The average Bonchev–Trinajstić information content (AvgIpc) is 2.71. The number of methoxy groups -OCH3 is 1. The molecule has 1 amide bonds. The molecular formula is C16H30N3O5S6-. The zero-order chi connectivity index (χ0) is 22.5. The van der Waals surface area contributed by atoms with Crippen molar-refractivity contribution in [2.45, 2.75) is 31.7 Å². The molecule has 0 fully saturated rings. The predicted molar refractivity (Wildman–Crippen MR) is 138 cm³/mol. The standard InChI is InChI=1S/C16H30N3O5S6/c1-23-9-10-24-8-6-14(20)18-7-4-3-5-13(15(21)22)19-16(17)30-29-12-28-27-11-26-25-2/h13H,3-12H2,1-2H3,(H3-,17,18,19,20,21,22)/q-1/t13-/m0/s1. The van der Waals surface area contributed by atoms with Gasteiger partial charge in [-0.15, -0.1) is 0 Å². The number of carbonyl (C=O) groups is 2. The summed E-state index contributed by atoms with van der Waals surface area (Å²) in [6.07, 6.45) is 3.95. The number of unbranched alkanes of at least 4 members (excludes halogenated alkanes) is 1. The molecule has 1 atom stereocenters. The number of nitrogens with zero attached hydrogens (tertiary/aromatic N) is 1. The van der Waals surface area contributed by atoms with Gasteiger partial charge in [-0.1, -0.05) is 71.2 Å². The van der Waals surface area contributed by atoms with Crippen LogP contribution in [0.4, 0.5) is 0 Å². The van der Waals surface area contributed by atoms with Crippen molar-refractivity contribution in [1.29, 1.82) is 0 Å². The molecule has 0 aliphatic rings. The summed E-state index contributed by atoms with van der Waals surface area (Å²) in [4.78, 5) is 23.0. The van der Waals surface area contributed by atoms with Crippen LogP contribution in [0.3, 0.4) is 0 Å². The number of aliphatic carboxylic acids is 1. The van der Waals surface area contributed by atoms with Crippen molar-refractivity contribution in [3.8, 4) is 0 Å². The summed E-state index contributed by atoms with van der Waals surface area (Å²) in [6, 6.07) is -0.858. The van der Waals surface area contributed by atoms with Crippen molar-refractivity contribution in [2.24, 2.45) is 0 Å². The molecule has 0 radical (unpaired) electrons. The lowest BCUT2D eigenvalue weighted by Gasteiger charge is -2.22. The fourth-order valence-electron chi connectivity index (χ4n) is 1.86. The van der Waals surface area contributed by atoms with Gasteiger partial charge in [0.1, 0.15) is 0 Å². The second kappa shape index (κ2) is 22.6. The Hall–Kier alpha value is 0.430. The van der Waals surface area contributed by atoms with E-state index in [0.29, 0.717) is 45.6 Å². The Morgan fingerprint density at radius 3 is 2.47 bits per heavy atom. The number of amides is 1. The van der Waals surface area contributed by atoms with Crippen LogP contribution in [0.25, 0.3) is 5.41 Å². The molecule has 3 N–H and O–H groups in total. The molecular weight excluding hydrogens is 507 g/mol. The molecule has 14 heteroatoms. The van der Waals surface area contributed by atoms with Crippen molar-refractivity contribution in [2.75, 3.05) is 49.9 Å². The summed E-state index contributed by atoms with van der Waals surface area (Å²) < 4.78 is 10.1. The topological polar surface area (TPSA) is 119 Å². The predicted octanol–water partition coefficient (Wildman–Crippen LogP) is 3.98. The van der Waals surface area contributed by atoms with Crippen LogP contribution < -0.4 is 10.6 Å². The Balaban J connectivity index is 3.78. The Bertz CT molecular complexity index is 479. The normalized spacial score (nSPS) is 11.8. The molecule has 30 heavy (non-hydrogen) atoms. The van der Waals surface area contributed by atoms with Gasteiger partial charge in [0.2, 0.25) is 5.91 Å². The Morgan fingerprint density at radius 2 is 1.80 bits per heavy atom. The monoisotopic (exact) mass is 536 g/mol. The maximum atomic E-state index is 11.6. The molecule has 0 aromatic carbocycles. The van der Waals surface area contributed by atoms with E-state index in [1.165, 1.54) is 10.8 Å². The van der Waals surface area contributed by atoms with Gasteiger partial charge < -0.3 is 30.6 Å². The number of carbonyl (C=O) groups excluding carboxylic acids is 1. The minimum Gasteiger partial charge on any atom is -0.481 e. The minimum atomic E-state index is -1.01. The Labute approximate surface area is 202 Å². The molecule has 0 unspecified atom stereocenters. The van der Waals surface area contributed by atoms with Gasteiger partial charge in [0.05, 0.1) is 36.0 Å². The Morgan fingerprint density at radius 1 is 1.07 bits per heavy atom. The maximum Gasteiger partial charge on any atom is 0.305 e. The number of carboxylic acid groups (broad SMARTS) is 1. The lowest BCUT2D eigenvalue weighted by Crippen LogP contribution is -2.39. The van der Waals surface area contributed by atoms with E-state index in [1.807, 2.05) is 6.26 Å². The van der Waals surface area contributed by atoms with Crippen LogP contribution in [-0.4, -0.2) is 78.1 Å². The summed E-state index contributed by atoms with van der Waals surface area (Å²) in [6.45, 7) is 1.79. The van der Waals surface area contributed by atoms with Crippen molar-refractivity contribution < 1.29 is 24.2 Å². The zero-order valence-electron chi connectivity index (χ0n) is 17.1. The Kier molecular flexibility index (Phi) is 22.9. The van der Waals surface area contributed by atoms with Crippen molar-refractivity contribution in [3.63, 3.8) is 0 Å². The largest absolute Gasteiger partial charge is 0.481 e. The first kappa shape index (κ1) is 30.4. The van der Waals surface area contributed by atoms with E-state index in [1.54, 1.807) is 50.3 Å². The minimum absolute atomic E-state index is 0.0946. The van der Waals surface area contributed by atoms with Crippen LogP contribution in [0.2, 0.25) is 0 Å². The quantitative estimate of drug-likeness (QED) is 0.0686. The third kappa shape index (κ3) is 20.3. The summed E-state index contributed by atoms with van der Waals surface area (Å²) >= 11 is 0. The SMILES string of the molecule is COCCOCCC(=O)NCCCC[C@H](NC(=[N-])SSCSSCSSC)C(=O)O. The molecule has 0 rings (SSSR count). The molecule has 0 aliphatic carbocycles. The number of carboxylic acids is 1. The molecule has 0 saturated carbocycles. The number of ether oxygens (including phenoxy) is 2. The number of amidine groups is 1. The second-order valence-electron chi connectivity index (χ2n) is 5.50. The van der Waals surface area contributed by atoms with Gasteiger partial charge in [0.25, 0.3) is 0 Å². The number of rotatable bonds is 20. The molecule has 0 heterocycles. The van der Waals surface area contributed by atoms with Crippen LogP contribution in [0.5, 0.6) is 0 Å². The van der Waals surface area contributed by atoms with Crippen molar-refractivity contribution in [1.82, 2.24) is 10.6 Å². The highest BCUT2D eigenvalue weighted by Gasteiger charge is 2.13. The van der Waals surface area contributed by atoms with Crippen LogP contribution in [0.15, 0.2) is 0 Å². The van der Waals surface area contributed by atoms with Gasteiger partial charge in [-0.2, -0.15) is 0 Å². The molecule has 0 saturated heterocycles. The van der Waals surface area contributed by atoms with Crippen LogP contribution >= 0.6 is 64.8 Å². The molecule has 0 spiro atoms. The number of hydrogen-bond acceptors (Lipinski definition) is 10. The first-order valence-corrected chi connectivity index (χ1v) is 16.6. The first-order chi connectivity index (χ1) is 14.5. The third-order valence-electron chi connectivity index (χ3n) is 3.27. The third-order valence-corrected chi connectivity index (χ3v) is 11.1. The molecule has 0 aliphatic heterocycles. The van der Waals surface area contributed by atoms with Crippen LogP contribution in [0, 0.1) is 0 Å². The van der Waals surface area contributed by atoms with E-state index >= 15 is 0 Å². The van der Waals surface area contributed by atoms with Gasteiger partial charge >= 0.3 is 5.97 Å². The van der Waals surface area contributed by atoms with Gasteiger partial charge in [-0.25, -0.2) is 0 Å². The lowest BCUT2D eigenvalue weighted by atomic mass is 10.1. The summed E-state index contributed by atoms with van der Waals surface area (Å²) in [5.74, 6) is -1.11. The highest BCUT2D eigenvalue weighted by Crippen LogP contribution is 2.36. The van der Waals surface area contributed by atoms with Crippen molar-refractivity contribution >= 4 is 81.8 Å². The average molecular weight is 537 g/mol. The lowest BCUT2D eigenvalue weighted by molar-refractivity contribution is -0.139. The van der Waals surface area contributed by atoms with Crippen LogP contribution in [0.1, 0.15) is 25.7 Å². The summed E-state index contributed by atoms with van der Waals surface area (Å²) in [5.41, 5.74) is 0. The maximum absolute atomic E-state index is 11.6. The van der Waals surface area contributed by atoms with E-state index < -0.39 is 12.0 Å². The van der Waals surface area contributed by atoms with E-state index in [0.717, 1.165) is 21.0 Å². The highest BCUT2D eigenvalue weighted by atomic mass is 33.2. The van der Waals surface area contributed by atoms with Gasteiger partial charge in [0.15, 0.2) is 0 Å². The second-order valence-corrected chi connectivity index (χ2v) is 13.5. The molecule has 8 nitrogen and oxygen atoms in total. The smallest absolute Gasteiger partial charge is 0.305 e. The fraction of sp³-hybridized carbons (Fsp3) is 0.812. The molecule has 0 aromatic rings. The van der Waals surface area contributed by atoms with E-state index in [-0.39, 0.29) is 17.5 Å². The van der Waals surface area contributed by atoms with Crippen molar-refractivity contribution in [3.05, 3.63) is 5.41 Å². The van der Waals surface area contributed by atoms with Gasteiger partial charge in [0, 0.05) is 20.1 Å². The first-order valence-electron chi connectivity index (χ1n) is 9.09. The number of nitrogens with one attached hydrogen (secondary N) is 2. The summed E-state index contributed by atoms with van der Waals surface area (Å²) in [7, 11) is 11.1. The van der Waals surface area contributed by atoms with E-state index in [9.17, 15) is 20.1 Å². The highest BCUT2D eigenvalue weighted by molar-refractivity contribution is 8.90. The molecule has 0 aromatic heterocycles.